The molecule has 0 saturated carbocycles. The van der Waals surface area contributed by atoms with Crippen LogP contribution in [0.5, 0.6) is 0 Å². The smallest absolute Gasteiger partial charge is 0.342 e. The molecule has 0 unspecified atom stereocenters. The van der Waals surface area contributed by atoms with Gasteiger partial charge < -0.3 is 9.15 Å². The van der Waals surface area contributed by atoms with Crippen molar-refractivity contribution in [3.63, 3.8) is 0 Å². The van der Waals surface area contributed by atoms with E-state index in [2.05, 4.69) is 0 Å². The molecule has 0 saturated heterocycles. The lowest BCUT2D eigenvalue weighted by molar-refractivity contribution is 0.0522. The average Bonchev–Trinajstić information content (AvgIpc) is 2.60. The van der Waals surface area contributed by atoms with Crippen LogP contribution in [0, 0.1) is 0 Å². The van der Waals surface area contributed by atoms with Crippen LogP contribution in [-0.4, -0.2) is 18.4 Å². The van der Waals surface area contributed by atoms with Gasteiger partial charge >= 0.3 is 5.97 Å². The summed E-state index contributed by atoms with van der Waals surface area (Å²) in [6.07, 6.45) is 4.32. The zero-order chi connectivity index (χ0) is 11.5. The number of esters is 1. The molecular weight excluding hydrogens is 208 g/mol. The van der Waals surface area contributed by atoms with Gasteiger partial charge in [-0.3, -0.25) is 4.79 Å². The van der Waals surface area contributed by atoms with Crippen LogP contribution in [0.3, 0.4) is 0 Å². The van der Waals surface area contributed by atoms with Crippen molar-refractivity contribution in [2.24, 2.45) is 0 Å². The fourth-order valence-electron chi connectivity index (χ4n) is 1.94. The quantitative estimate of drug-likeness (QED) is 0.569. The lowest BCUT2D eigenvalue weighted by atomic mass is 10.1. The summed E-state index contributed by atoms with van der Waals surface area (Å²) in [7, 11) is 0. The Bertz CT molecular complexity index is 417. The Balaban J connectivity index is 2.37. The first-order valence-corrected chi connectivity index (χ1v) is 5.54. The Hall–Kier alpha value is -1.58. The van der Waals surface area contributed by atoms with E-state index in [0.29, 0.717) is 24.4 Å². The van der Waals surface area contributed by atoms with Crippen LogP contribution in [0.4, 0.5) is 0 Å². The molecule has 2 rings (SSSR count). The van der Waals surface area contributed by atoms with Crippen LogP contribution < -0.4 is 0 Å². The molecule has 0 bridgehead atoms. The van der Waals surface area contributed by atoms with Gasteiger partial charge in [-0.1, -0.05) is 0 Å². The summed E-state index contributed by atoms with van der Waals surface area (Å²) in [5, 5.41) is 0. The van der Waals surface area contributed by atoms with E-state index in [1.165, 1.54) is 6.26 Å². The second-order valence-electron chi connectivity index (χ2n) is 3.80. The number of ether oxygens (including phenoxy) is 1. The monoisotopic (exact) mass is 222 g/mol. The number of hydrogen-bond donors (Lipinski definition) is 0. The number of ketones is 1. The van der Waals surface area contributed by atoms with Gasteiger partial charge in [-0.15, -0.1) is 0 Å². The largest absolute Gasteiger partial charge is 0.468 e. The van der Waals surface area contributed by atoms with Crippen molar-refractivity contribution < 1.29 is 18.7 Å². The number of carbonyl (C=O) groups is 2. The molecule has 16 heavy (non-hydrogen) atoms. The fraction of sp³-hybridized carbons (Fsp3) is 0.500. The molecule has 1 aliphatic carbocycles. The molecule has 0 aromatic carbocycles. The van der Waals surface area contributed by atoms with E-state index in [1.807, 2.05) is 0 Å². The number of Topliss-reactive ketones (excluding diaryl/α,β-unsaturated/α-hetero) is 1. The SMILES string of the molecule is CCOC(=O)c1coc2c1C(=O)CCCC2. The van der Waals surface area contributed by atoms with Crippen molar-refractivity contribution in [3.05, 3.63) is 23.2 Å². The molecule has 0 atom stereocenters. The van der Waals surface area contributed by atoms with Crippen molar-refractivity contribution in [2.75, 3.05) is 6.61 Å². The maximum atomic E-state index is 11.8. The van der Waals surface area contributed by atoms with E-state index in [-0.39, 0.29) is 11.3 Å². The van der Waals surface area contributed by atoms with E-state index in [4.69, 9.17) is 9.15 Å². The Labute approximate surface area is 93.6 Å². The predicted octanol–water partition coefficient (Wildman–Crippen LogP) is 2.37. The molecule has 1 aromatic heterocycles. The van der Waals surface area contributed by atoms with Gasteiger partial charge in [0.2, 0.25) is 0 Å². The van der Waals surface area contributed by atoms with Gasteiger partial charge in [0.1, 0.15) is 17.6 Å². The highest BCUT2D eigenvalue weighted by molar-refractivity contribution is 6.07. The van der Waals surface area contributed by atoms with Crippen molar-refractivity contribution in [1.29, 1.82) is 0 Å². The summed E-state index contributed by atoms with van der Waals surface area (Å²) in [5.74, 6) is 0.151. The highest BCUT2D eigenvalue weighted by Crippen LogP contribution is 2.26. The summed E-state index contributed by atoms with van der Waals surface area (Å²) in [4.78, 5) is 23.4. The van der Waals surface area contributed by atoms with Gasteiger partial charge in [0.25, 0.3) is 0 Å². The molecule has 0 fully saturated rings. The number of carbonyl (C=O) groups excluding carboxylic acids is 2. The minimum atomic E-state index is -0.470. The zero-order valence-corrected chi connectivity index (χ0v) is 9.25. The van der Waals surface area contributed by atoms with Crippen LogP contribution in [-0.2, 0) is 11.2 Å². The molecule has 0 radical (unpaired) electrons. The molecule has 86 valence electrons. The van der Waals surface area contributed by atoms with Gasteiger partial charge in [0.15, 0.2) is 5.78 Å². The highest BCUT2D eigenvalue weighted by Gasteiger charge is 2.27. The maximum Gasteiger partial charge on any atom is 0.342 e. The molecule has 1 heterocycles. The number of rotatable bonds is 2. The topological polar surface area (TPSA) is 56.5 Å². The Morgan fingerprint density at radius 1 is 1.44 bits per heavy atom. The Kier molecular flexibility index (Phi) is 3.08. The number of furan rings is 1. The van der Waals surface area contributed by atoms with Crippen molar-refractivity contribution in [2.45, 2.75) is 32.6 Å². The third-order valence-corrected chi connectivity index (χ3v) is 2.70. The van der Waals surface area contributed by atoms with Crippen molar-refractivity contribution in [1.82, 2.24) is 0 Å². The average molecular weight is 222 g/mol. The van der Waals surface area contributed by atoms with Gasteiger partial charge in [-0.25, -0.2) is 4.79 Å². The fourth-order valence-corrected chi connectivity index (χ4v) is 1.94. The van der Waals surface area contributed by atoms with Crippen LogP contribution in [0.25, 0.3) is 0 Å². The van der Waals surface area contributed by atoms with Crippen molar-refractivity contribution >= 4 is 11.8 Å². The molecule has 4 nitrogen and oxygen atoms in total. The summed E-state index contributed by atoms with van der Waals surface area (Å²) in [6, 6.07) is 0. The molecule has 0 amide bonds. The van der Waals surface area contributed by atoms with Crippen LogP contribution >= 0.6 is 0 Å². The van der Waals surface area contributed by atoms with E-state index >= 15 is 0 Å². The third kappa shape index (κ3) is 1.87. The zero-order valence-electron chi connectivity index (χ0n) is 9.25. The first-order valence-electron chi connectivity index (χ1n) is 5.54. The minimum absolute atomic E-state index is 0.00990. The number of aryl methyl sites for hydroxylation is 1. The highest BCUT2D eigenvalue weighted by atomic mass is 16.5. The molecule has 1 aliphatic rings. The lowest BCUT2D eigenvalue weighted by Gasteiger charge is -2.01. The second-order valence-corrected chi connectivity index (χ2v) is 3.80. The van der Waals surface area contributed by atoms with Gasteiger partial charge in [-0.2, -0.15) is 0 Å². The van der Waals surface area contributed by atoms with Gasteiger partial charge in [0.05, 0.1) is 12.2 Å². The summed E-state index contributed by atoms with van der Waals surface area (Å²) < 4.78 is 10.2. The minimum Gasteiger partial charge on any atom is -0.468 e. The van der Waals surface area contributed by atoms with E-state index in [0.717, 1.165) is 19.3 Å². The lowest BCUT2D eigenvalue weighted by Crippen LogP contribution is -2.10. The Morgan fingerprint density at radius 2 is 2.19 bits per heavy atom. The summed E-state index contributed by atoms with van der Waals surface area (Å²) in [5.41, 5.74) is 0.722. The van der Waals surface area contributed by atoms with Gasteiger partial charge in [0, 0.05) is 12.8 Å². The normalized spacial score (nSPS) is 15.4. The first kappa shape index (κ1) is 10.9. The molecule has 0 spiro atoms. The standard InChI is InChI=1S/C12H14O4/c1-2-15-12(14)8-7-16-10-6-4-3-5-9(13)11(8)10/h7H,2-6H2,1H3. The molecule has 0 aliphatic heterocycles. The van der Waals surface area contributed by atoms with Crippen LogP contribution in [0.2, 0.25) is 0 Å². The molecular formula is C12H14O4. The van der Waals surface area contributed by atoms with Crippen LogP contribution in [0.15, 0.2) is 10.7 Å². The number of hydrogen-bond acceptors (Lipinski definition) is 4. The first-order chi connectivity index (χ1) is 7.74. The van der Waals surface area contributed by atoms with E-state index in [9.17, 15) is 9.59 Å². The molecule has 0 N–H and O–H groups in total. The maximum absolute atomic E-state index is 11.8. The molecule has 1 aromatic rings. The number of fused-ring (bicyclic) bond motifs is 1. The predicted molar refractivity (Wildman–Crippen MR) is 56.6 cm³/mol. The van der Waals surface area contributed by atoms with E-state index in [1.54, 1.807) is 6.92 Å². The summed E-state index contributed by atoms with van der Waals surface area (Å²) >= 11 is 0. The second kappa shape index (κ2) is 4.51. The van der Waals surface area contributed by atoms with Crippen molar-refractivity contribution in [3.8, 4) is 0 Å². The van der Waals surface area contributed by atoms with Gasteiger partial charge in [-0.05, 0) is 19.8 Å². The van der Waals surface area contributed by atoms with Crippen LogP contribution in [0.1, 0.15) is 52.7 Å². The third-order valence-electron chi connectivity index (χ3n) is 2.70. The van der Waals surface area contributed by atoms with E-state index < -0.39 is 5.97 Å². The molecule has 4 heteroatoms. The summed E-state index contributed by atoms with van der Waals surface area (Å²) in [6.45, 7) is 2.03. The Morgan fingerprint density at radius 3 is 2.94 bits per heavy atom.